The van der Waals surface area contributed by atoms with Crippen LogP contribution in [-0.2, 0) is 23.1 Å². The van der Waals surface area contributed by atoms with Gasteiger partial charge in [-0.05, 0) is 56.5 Å². The maximum absolute atomic E-state index is 12.0. The lowest BCUT2D eigenvalue weighted by atomic mass is 10.2. The molecule has 0 spiro atoms. The van der Waals surface area contributed by atoms with Gasteiger partial charge in [0.2, 0.25) is 10.0 Å². The minimum absolute atomic E-state index is 0.234. The molecule has 8 heteroatoms. The van der Waals surface area contributed by atoms with E-state index in [9.17, 15) is 8.42 Å². The topological polar surface area (TPSA) is 91.8 Å². The van der Waals surface area contributed by atoms with Gasteiger partial charge in [0.25, 0.3) is 0 Å². The van der Waals surface area contributed by atoms with E-state index in [0.29, 0.717) is 25.0 Å². The summed E-state index contributed by atoms with van der Waals surface area (Å²) in [5.41, 5.74) is 1.89. The molecule has 1 aliphatic carbocycles. The van der Waals surface area contributed by atoms with Gasteiger partial charge in [0.1, 0.15) is 5.75 Å². The van der Waals surface area contributed by atoms with Crippen molar-refractivity contribution in [3.8, 4) is 5.75 Å². The van der Waals surface area contributed by atoms with Gasteiger partial charge in [-0.3, -0.25) is 0 Å². The second-order valence-corrected chi connectivity index (χ2v) is 9.15. The summed E-state index contributed by atoms with van der Waals surface area (Å²) in [6.07, 6.45) is 2.52. The number of hydrogen-bond donors (Lipinski definition) is 3. The maximum Gasteiger partial charge on any atom is 0.240 e. The molecule has 0 radical (unpaired) electrons. The van der Waals surface area contributed by atoms with E-state index in [4.69, 9.17) is 4.74 Å². The molecule has 0 saturated heterocycles. The number of hydrogen-bond acceptors (Lipinski definition) is 4. The van der Waals surface area contributed by atoms with Crippen molar-refractivity contribution in [1.82, 2.24) is 15.4 Å². The number of rotatable bonds is 10. The molecule has 1 fully saturated rings. The van der Waals surface area contributed by atoms with E-state index in [1.165, 1.54) is 19.9 Å². The van der Waals surface area contributed by atoms with Crippen LogP contribution in [0.1, 0.15) is 30.9 Å². The first kappa shape index (κ1) is 22.1. The van der Waals surface area contributed by atoms with E-state index >= 15 is 0 Å². The summed E-state index contributed by atoms with van der Waals surface area (Å²) in [4.78, 5) is 4.83. The quantitative estimate of drug-likeness (QED) is 0.398. The molecule has 1 aliphatic rings. The summed E-state index contributed by atoms with van der Waals surface area (Å²) in [5.74, 6) is 2.27. The molecule has 30 heavy (non-hydrogen) atoms. The van der Waals surface area contributed by atoms with E-state index in [0.717, 1.165) is 30.0 Å². The lowest BCUT2D eigenvalue weighted by Gasteiger charge is -2.14. The molecule has 2 aromatic carbocycles. The average molecular weight is 431 g/mol. The lowest BCUT2D eigenvalue weighted by Crippen LogP contribution is -2.36. The number of benzene rings is 2. The van der Waals surface area contributed by atoms with Gasteiger partial charge in [-0.1, -0.05) is 30.3 Å². The Morgan fingerprint density at radius 1 is 1.13 bits per heavy atom. The average Bonchev–Trinajstić information content (AvgIpc) is 3.59. The first-order valence-corrected chi connectivity index (χ1v) is 11.8. The maximum atomic E-state index is 12.0. The van der Waals surface area contributed by atoms with E-state index in [1.54, 1.807) is 18.2 Å². The summed E-state index contributed by atoms with van der Waals surface area (Å²) in [6.45, 7) is 4.45. The van der Waals surface area contributed by atoms with Gasteiger partial charge in [0.05, 0.1) is 18.0 Å². The molecule has 0 atom stereocenters. The smallest absolute Gasteiger partial charge is 0.240 e. The Morgan fingerprint density at radius 3 is 2.67 bits per heavy atom. The molecule has 0 amide bonds. The monoisotopic (exact) mass is 430 g/mol. The molecule has 7 nitrogen and oxygen atoms in total. The third-order valence-corrected chi connectivity index (χ3v) is 6.24. The molecule has 0 unspecified atom stereocenters. The number of nitrogens with one attached hydrogen (secondary N) is 3. The number of guanidine groups is 1. The van der Waals surface area contributed by atoms with Crippen molar-refractivity contribution < 1.29 is 13.2 Å². The van der Waals surface area contributed by atoms with E-state index in [2.05, 4.69) is 20.3 Å². The Morgan fingerprint density at radius 2 is 1.93 bits per heavy atom. The van der Waals surface area contributed by atoms with Crippen molar-refractivity contribution in [3.05, 3.63) is 59.7 Å². The highest BCUT2D eigenvalue weighted by Gasteiger charge is 2.22. The van der Waals surface area contributed by atoms with Crippen molar-refractivity contribution in [2.45, 2.75) is 37.8 Å². The van der Waals surface area contributed by atoms with Crippen molar-refractivity contribution in [3.63, 3.8) is 0 Å². The van der Waals surface area contributed by atoms with Crippen molar-refractivity contribution in [2.75, 3.05) is 20.2 Å². The molecule has 3 N–H and O–H groups in total. The minimum Gasteiger partial charge on any atom is -0.493 e. The van der Waals surface area contributed by atoms with Crippen molar-refractivity contribution in [1.29, 1.82) is 0 Å². The summed E-state index contributed by atoms with van der Waals surface area (Å²) >= 11 is 0. The molecule has 2 aromatic rings. The van der Waals surface area contributed by atoms with Gasteiger partial charge >= 0.3 is 0 Å². The molecule has 0 heterocycles. The van der Waals surface area contributed by atoms with Crippen LogP contribution in [0.4, 0.5) is 0 Å². The normalized spacial score (nSPS) is 14.4. The summed E-state index contributed by atoms with van der Waals surface area (Å²) < 4.78 is 32.3. The van der Waals surface area contributed by atoms with Crippen LogP contribution in [0.25, 0.3) is 0 Å². The van der Waals surface area contributed by atoms with Crippen LogP contribution in [0.2, 0.25) is 0 Å². The van der Waals surface area contributed by atoms with Gasteiger partial charge in [0, 0.05) is 18.7 Å². The zero-order valence-electron chi connectivity index (χ0n) is 17.5. The fraction of sp³-hybridized carbons (Fsp3) is 0.409. The summed E-state index contributed by atoms with van der Waals surface area (Å²) in [5, 5.41) is 6.56. The number of sulfonamides is 1. The Labute approximate surface area is 179 Å². The molecule has 0 bridgehead atoms. The van der Waals surface area contributed by atoms with Crippen LogP contribution >= 0.6 is 0 Å². The lowest BCUT2D eigenvalue weighted by molar-refractivity contribution is 0.296. The molecule has 1 saturated carbocycles. The van der Waals surface area contributed by atoms with Crippen LogP contribution in [0, 0.1) is 5.92 Å². The highest BCUT2D eigenvalue weighted by atomic mass is 32.2. The standard InChI is InChI=1S/C22H30N4O3S/c1-3-24-22(25-14-18-7-6-9-20(13-18)30(27,28)23-2)26-15-19-8-4-5-10-21(19)29-16-17-11-12-17/h4-10,13,17,23H,3,11-12,14-16H2,1-2H3,(H2,24,25,26). The first-order valence-electron chi connectivity index (χ1n) is 10.3. The number of para-hydroxylation sites is 1. The van der Waals surface area contributed by atoms with E-state index in [-0.39, 0.29) is 4.90 Å². The van der Waals surface area contributed by atoms with Gasteiger partial charge in [-0.2, -0.15) is 0 Å². The minimum atomic E-state index is -3.47. The zero-order chi connectivity index (χ0) is 21.4. The second kappa shape index (κ2) is 10.4. The number of ether oxygens (including phenoxy) is 1. The summed E-state index contributed by atoms with van der Waals surface area (Å²) in [6, 6.07) is 14.8. The Balaban J connectivity index is 1.65. The number of aliphatic imine (C=N–C) groups is 1. The van der Waals surface area contributed by atoms with Crippen LogP contribution in [0.3, 0.4) is 0 Å². The van der Waals surface area contributed by atoms with E-state index in [1.807, 2.05) is 37.3 Å². The molecule has 0 aliphatic heterocycles. The molecular formula is C22H30N4O3S. The second-order valence-electron chi connectivity index (χ2n) is 7.27. The number of nitrogens with zero attached hydrogens (tertiary/aromatic N) is 1. The zero-order valence-corrected chi connectivity index (χ0v) is 18.3. The van der Waals surface area contributed by atoms with Gasteiger partial charge in [-0.25, -0.2) is 18.1 Å². The first-order chi connectivity index (χ1) is 14.5. The van der Waals surface area contributed by atoms with Gasteiger partial charge < -0.3 is 15.4 Å². The largest absolute Gasteiger partial charge is 0.493 e. The summed E-state index contributed by atoms with van der Waals surface area (Å²) in [7, 11) is -2.07. The highest BCUT2D eigenvalue weighted by Crippen LogP contribution is 2.30. The van der Waals surface area contributed by atoms with Gasteiger partial charge in [0.15, 0.2) is 5.96 Å². The third-order valence-electron chi connectivity index (χ3n) is 4.83. The fourth-order valence-electron chi connectivity index (χ4n) is 2.90. The Bertz CT molecular complexity index is 972. The van der Waals surface area contributed by atoms with Crippen LogP contribution < -0.4 is 20.1 Å². The van der Waals surface area contributed by atoms with Crippen LogP contribution in [-0.4, -0.2) is 34.6 Å². The predicted octanol–water partition coefficient (Wildman–Crippen LogP) is 2.64. The van der Waals surface area contributed by atoms with E-state index < -0.39 is 10.0 Å². The van der Waals surface area contributed by atoms with Crippen molar-refractivity contribution >= 4 is 16.0 Å². The predicted molar refractivity (Wildman–Crippen MR) is 119 cm³/mol. The Kier molecular flexibility index (Phi) is 7.70. The van der Waals surface area contributed by atoms with Crippen LogP contribution in [0.15, 0.2) is 58.4 Å². The third kappa shape index (κ3) is 6.47. The fourth-order valence-corrected chi connectivity index (χ4v) is 3.70. The van der Waals surface area contributed by atoms with Crippen molar-refractivity contribution in [2.24, 2.45) is 10.9 Å². The highest BCUT2D eigenvalue weighted by molar-refractivity contribution is 7.89. The Hall–Kier alpha value is -2.58. The SMILES string of the molecule is CCNC(=NCc1cccc(S(=O)(=O)NC)c1)NCc1ccccc1OCC1CC1. The molecule has 162 valence electrons. The molecule has 3 rings (SSSR count). The molecule has 0 aromatic heterocycles. The van der Waals surface area contributed by atoms with Gasteiger partial charge in [-0.15, -0.1) is 0 Å². The van der Waals surface area contributed by atoms with Crippen LogP contribution in [0.5, 0.6) is 5.75 Å². The molecular weight excluding hydrogens is 400 g/mol.